The molecule has 0 aliphatic carbocycles. The molecule has 0 aromatic heterocycles. The van der Waals surface area contributed by atoms with Gasteiger partial charge in [-0.3, -0.25) is 29.8 Å². The van der Waals surface area contributed by atoms with Gasteiger partial charge in [0, 0.05) is 17.8 Å². The van der Waals surface area contributed by atoms with Crippen LogP contribution in [0.2, 0.25) is 0 Å². The zero-order chi connectivity index (χ0) is 28.3. The zero-order valence-electron chi connectivity index (χ0n) is 20.1. The number of ether oxygens (including phenoxy) is 1. The summed E-state index contributed by atoms with van der Waals surface area (Å²) in [6.45, 7) is 1.58. The number of rotatable bonds is 7. The van der Waals surface area contributed by atoms with Gasteiger partial charge < -0.3 is 10.1 Å². The summed E-state index contributed by atoms with van der Waals surface area (Å²) in [6, 6.07) is 14.3. The monoisotopic (exact) mass is 656 g/mol. The standard InChI is InChI=1S/C26H18Br2N4O7/c1-14-5-2-3-8-21(14)29-22(33)13-39-23-19(27)10-15(11-20(23)28)9-18-24(34)30-26(36)31(25(18)35)16-6-4-7-17(12-16)32(37)38/h2-12H,13H2,1H3,(H,29,33)(H,30,34,36)/b18-9-. The molecule has 0 atom stereocenters. The van der Waals surface area contributed by atoms with E-state index in [1.807, 2.05) is 19.1 Å². The molecule has 0 radical (unpaired) electrons. The second kappa shape index (κ2) is 11.6. The number of nitro benzene ring substituents is 1. The highest BCUT2D eigenvalue weighted by molar-refractivity contribution is 9.11. The molecule has 0 saturated carbocycles. The first-order valence-electron chi connectivity index (χ1n) is 11.2. The van der Waals surface area contributed by atoms with Crippen molar-refractivity contribution in [2.24, 2.45) is 0 Å². The van der Waals surface area contributed by atoms with Crippen molar-refractivity contribution in [2.45, 2.75) is 6.92 Å². The maximum Gasteiger partial charge on any atom is 0.335 e. The van der Waals surface area contributed by atoms with Gasteiger partial charge in [0.1, 0.15) is 11.3 Å². The van der Waals surface area contributed by atoms with Crippen molar-refractivity contribution < 1.29 is 28.8 Å². The molecule has 1 heterocycles. The molecule has 0 bridgehead atoms. The molecule has 198 valence electrons. The largest absolute Gasteiger partial charge is 0.481 e. The number of nitrogens with one attached hydrogen (secondary N) is 2. The van der Waals surface area contributed by atoms with E-state index in [9.17, 15) is 29.3 Å². The number of carbonyl (C=O) groups is 4. The number of carbonyl (C=O) groups excluding carboxylic acids is 4. The summed E-state index contributed by atoms with van der Waals surface area (Å²) < 4.78 is 6.51. The fourth-order valence-electron chi connectivity index (χ4n) is 3.64. The first kappa shape index (κ1) is 27.7. The van der Waals surface area contributed by atoms with Crippen molar-refractivity contribution >= 4 is 78.8 Å². The number of hydrogen-bond donors (Lipinski definition) is 2. The smallest absolute Gasteiger partial charge is 0.335 e. The zero-order valence-corrected chi connectivity index (χ0v) is 23.2. The van der Waals surface area contributed by atoms with Gasteiger partial charge >= 0.3 is 6.03 Å². The predicted molar refractivity (Wildman–Crippen MR) is 149 cm³/mol. The molecule has 3 aromatic carbocycles. The third kappa shape index (κ3) is 6.21. The summed E-state index contributed by atoms with van der Waals surface area (Å²) in [7, 11) is 0. The van der Waals surface area contributed by atoms with Gasteiger partial charge in [0.05, 0.1) is 19.6 Å². The van der Waals surface area contributed by atoms with E-state index in [1.54, 1.807) is 24.3 Å². The summed E-state index contributed by atoms with van der Waals surface area (Å²) >= 11 is 6.74. The van der Waals surface area contributed by atoms with E-state index in [1.165, 1.54) is 24.3 Å². The number of hydrogen-bond acceptors (Lipinski definition) is 7. The van der Waals surface area contributed by atoms with E-state index >= 15 is 0 Å². The Bertz CT molecular complexity index is 1550. The second-order valence-electron chi connectivity index (χ2n) is 8.20. The highest BCUT2D eigenvalue weighted by Gasteiger charge is 2.37. The van der Waals surface area contributed by atoms with Crippen molar-refractivity contribution in [3.63, 3.8) is 0 Å². The van der Waals surface area contributed by atoms with Gasteiger partial charge in [-0.2, -0.15) is 0 Å². The Hall–Kier alpha value is -4.36. The van der Waals surface area contributed by atoms with Crippen LogP contribution in [-0.2, 0) is 14.4 Å². The highest BCUT2D eigenvalue weighted by Crippen LogP contribution is 2.36. The number of barbiturate groups is 1. The molecule has 1 fully saturated rings. The number of halogens is 2. The topological polar surface area (TPSA) is 148 Å². The minimum atomic E-state index is -1.03. The van der Waals surface area contributed by atoms with Crippen LogP contribution in [0.3, 0.4) is 0 Å². The Labute approximate surface area is 238 Å². The number of anilines is 2. The quantitative estimate of drug-likeness (QED) is 0.155. The van der Waals surface area contributed by atoms with Crippen LogP contribution >= 0.6 is 31.9 Å². The molecule has 13 heteroatoms. The molecule has 3 aromatic rings. The Balaban J connectivity index is 1.55. The van der Waals surface area contributed by atoms with E-state index in [2.05, 4.69) is 42.5 Å². The van der Waals surface area contributed by atoms with Gasteiger partial charge in [-0.15, -0.1) is 0 Å². The number of para-hydroxylation sites is 1. The van der Waals surface area contributed by atoms with E-state index < -0.39 is 22.8 Å². The summed E-state index contributed by atoms with van der Waals surface area (Å²) in [6.07, 6.45) is 1.26. The molecule has 11 nitrogen and oxygen atoms in total. The van der Waals surface area contributed by atoms with E-state index in [0.717, 1.165) is 11.6 Å². The fraction of sp³-hybridized carbons (Fsp3) is 0.0769. The van der Waals surface area contributed by atoms with E-state index in [4.69, 9.17) is 4.74 Å². The predicted octanol–water partition coefficient (Wildman–Crippen LogP) is 5.11. The average Bonchev–Trinajstić information content (AvgIpc) is 2.87. The SMILES string of the molecule is Cc1ccccc1NC(=O)COc1c(Br)cc(/C=C2/C(=O)NC(=O)N(c3cccc([N+](=O)[O-])c3)C2=O)cc1Br. The minimum absolute atomic E-state index is 0.0693. The Morgan fingerprint density at radius 3 is 2.44 bits per heavy atom. The van der Waals surface area contributed by atoms with E-state index in [-0.39, 0.29) is 29.5 Å². The van der Waals surface area contributed by atoms with Gasteiger partial charge in [-0.1, -0.05) is 24.3 Å². The first-order chi connectivity index (χ1) is 18.5. The number of non-ortho nitro benzene ring substituents is 1. The molecule has 1 aliphatic heterocycles. The number of nitrogens with zero attached hydrogens (tertiary/aromatic N) is 2. The van der Waals surface area contributed by atoms with Gasteiger partial charge in [0.15, 0.2) is 6.61 Å². The lowest BCUT2D eigenvalue weighted by atomic mass is 10.1. The minimum Gasteiger partial charge on any atom is -0.481 e. The lowest BCUT2D eigenvalue weighted by Crippen LogP contribution is -2.54. The number of benzene rings is 3. The van der Waals surface area contributed by atoms with Crippen molar-refractivity contribution in [3.8, 4) is 5.75 Å². The third-order valence-corrected chi connectivity index (χ3v) is 6.68. The van der Waals surface area contributed by atoms with Gasteiger partial charge in [-0.05, 0) is 80.3 Å². The van der Waals surface area contributed by atoms with Crippen molar-refractivity contribution in [1.29, 1.82) is 0 Å². The maximum atomic E-state index is 13.1. The van der Waals surface area contributed by atoms with Crippen LogP contribution in [0.15, 0.2) is 75.2 Å². The van der Waals surface area contributed by atoms with Crippen LogP contribution in [0, 0.1) is 17.0 Å². The van der Waals surface area contributed by atoms with Crippen molar-refractivity contribution in [1.82, 2.24) is 5.32 Å². The second-order valence-corrected chi connectivity index (χ2v) is 9.91. The summed E-state index contributed by atoms with van der Waals surface area (Å²) in [5.74, 6) is -1.94. The molecule has 5 amide bonds. The van der Waals surface area contributed by atoms with Gasteiger partial charge in [-0.25, -0.2) is 9.69 Å². The average molecular weight is 658 g/mol. The highest BCUT2D eigenvalue weighted by atomic mass is 79.9. The lowest BCUT2D eigenvalue weighted by Gasteiger charge is -2.26. The summed E-state index contributed by atoms with van der Waals surface area (Å²) in [5.41, 5.74) is 1.19. The molecule has 2 N–H and O–H groups in total. The number of imide groups is 2. The Morgan fingerprint density at radius 2 is 1.77 bits per heavy atom. The third-order valence-electron chi connectivity index (χ3n) is 5.50. The normalized spacial score (nSPS) is 14.3. The number of urea groups is 1. The number of amides is 5. The first-order valence-corrected chi connectivity index (χ1v) is 12.8. The van der Waals surface area contributed by atoms with Gasteiger partial charge in [0.2, 0.25) is 0 Å². The molecular weight excluding hydrogens is 640 g/mol. The fourth-order valence-corrected chi connectivity index (χ4v) is 5.09. The lowest BCUT2D eigenvalue weighted by molar-refractivity contribution is -0.384. The molecule has 4 rings (SSSR count). The molecule has 39 heavy (non-hydrogen) atoms. The number of nitro groups is 1. The Morgan fingerprint density at radius 1 is 1.08 bits per heavy atom. The molecule has 1 aliphatic rings. The van der Waals surface area contributed by atoms with Crippen LogP contribution < -0.4 is 20.3 Å². The summed E-state index contributed by atoms with van der Waals surface area (Å²) in [5, 5.41) is 16.0. The van der Waals surface area contributed by atoms with Crippen LogP contribution in [0.5, 0.6) is 5.75 Å². The van der Waals surface area contributed by atoms with Crippen molar-refractivity contribution in [3.05, 3.63) is 96.4 Å². The molecule has 0 unspecified atom stereocenters. The molecular formula is C26H18Br2N4O7. The number of aryl methyl sites for hydroxylation is 1. The van der Waals surface area contributed by atoms with E-state index in [0.29, 0.717) is 30.8 Å². The van der Waals surface area contributed by atoms with Crippen LogP contribution in [0.1, 0.15) is 11.1 Å². The Kier molecular flexibility index (Phi) is 8.21. The molecule has 1 saturated heterocycles. The van der Waals surface area contributed by atoms with Crippen LogP contribution in [0.4, 0.5) is 21.9 Å². The molecule has 0 spiro atoms. The summed E-state index contributed by atoms with van der Waals surface area (Å²) in [4.78, 5) is 61.5. The van der Waals surface area contributed by atoms with Crippen molar-refractivity contribution in [2.75, 3.05) is 16.8 Å². The van der Waals surface area contributed by atoms with Crippen LogP contribution in [0.25, 0.3) is 6.08 Å². The maximum absolute atomic E-state index is 13.1. The van der Waals surface area contributed by atoms with Crippen LogP contribution in [-0.4, -0.2) is 35.3 Å². The van der Waals surface area contributed by atoms with Gasteiger partial charge in [0.25, 0.3) is 23.4 Å².